The third-order valence-corrected chi connectivity index (χ3v) is 4.25. The van der Waals surface area contributed by atoms with Gasteiger partial charge in [0.1, 0.15) is 0 Å². The Labute approximate surface area is 146 Å². The molecule has 2 aromatic rings. The number of amides is 2. The number of carbonyl (C=O) groups excluding carboxylic acids is 2. The standard InChI is InChI=1S/C19H20N4O2/c24-18(22-21-14-15-5-4-10-20-13-15)16-8-11-23(12-9-16)19(25)17-6-2-1-3-7-17/h1-7,10,13-14,16H,8-9,11-12H2,(H,22,24)/b21-14-. The highest BCUT2D eigenvalue weighted by Gasteiger charge is 2.27. The lowest BCUT2D eigenvalue weighted by molar-refractivity contribution is -0.126. The van der Waals surface area contributed by atoms with Gasteiger partial charge in [-0.15, -0.1) is 0 Å². The molecular weight excluding hydrogens is 316 g/mol. The Hall–Kier alpha value is -3.02. The Morgan fingerprint density at radius 3 is 2.56 bits per heavy atom. The SMILES string of the molecule is O=C(N/N=C\c1cccnc1)C1CCN(C(=O)c2ccccc2)CC1. The molecule has 0 aliphatic carbocycles. The lowest BCUT2D eigenvalue weighted by atomic mass is 9.95. The topological polar surface area (TPSA) is 74.7 Å². The van der Waals surface area contributed by atoms with E-state index in [-0.39, 0.29) is 17.7 Å². The van der Waals surface area contributed by atoms with Crippen molar-refractivity contribution in [1.82, 2.24) is 15.3 Å². The fourth-order valence-electron chi connectivity index (χ4n) is 2.82. The van der Waals surface area contributed by atoms with E-state index >= 15 is 0 Å². The van der Waals surface area contributed by atoms with Crippen molar-refractivity contribution in [2.45, 2.75) is 12.8 Å². The molecule has 0 atom stereocenters. The summed E-state index contributed by atoms with van der Waals surface area (Å²) in [6.45, 7) is 1.16. The van der Waals surface area contributed by atoms with Crippen molar-refractivity contribution in [3.05, 3.63) is 66.0 Å². The molecule has 6 heteroatoms. The summed E-state index contributed by atoms with van der Waals surface area (Å²) in [5, 5.41) is 3.97. The van der Waals surface area contributed by atoms with Crippen molar-refractivity contribution >= 4 is 18.0 Å². The van der Waals surface area contributed by atoms with Crippen LogP contribution in [-0.2, 0) is 4.79 Å². The first kappa shape index (κ1) is 16.8. The fourth-order valence-corrected chi connectivity index (χ4v) is 2.82. The van der Waals surface area contributed by atoms with Gasteiger partial charge in [-0.3, -0.25) is 14.6 Å². The molecule has 1 N–H and O–H groups in total. The summed E-state index contributed by atoms with van der Waals surface area (Å²) in [6.07, 6.45) is 6.21. The van der Waals surface area contributed by atoms with Gasteiger partial charge in [-0.25, -0.2) is 5.43 Å². The summed E-state index contributed by atoms with van der Waals surface area (Å²) < 4.78 is 0. The number of piperidine rings is 1. The maximum absolute atomic E-state index is 12.4. The van der Waals surface area contributed by atoms with Gasteiger partial charge in [0, 0.05) is 42.5 Å². The molecule has 1 aliphatic rings. The minimum absolute atomic E-state index is 0.0223. The third kappa shape index (κ3) is 4.50. The number of pyridine rings is 1. The van der Waals surface area contributed by atoms with E-state index < -0.39 is 0 Å². The summed E-state index contributed by atoms with van der Waals surface area (Å²) in [5.74, 6) is -0.202. The fraction of sp³-hybridized carbons (Fsp3) is 0.263. The zero-order chi connectivity index (χ0) is 17.5. The lowest BCUT2D eigenvalue weighted by Gasteiger charge is -2.31. The zero-order valence-corrected chi connectivity index (χ0v) is 13.8. The molecule has 0 radical (unpaired) electrons. The maximum Gasteiger partial charge on any atom is 0.253 e. The highest BCUT2D eigenvalue weighted by Crippen LogP contribution is 2.19. The first-order chi connectivity index (χ1) is 12.2. The molecule has 2 amide bonds. The Balaban J connectivity index is 1.48. The van der Waals surface area contributed by atoms with Crippen LogP contribution >= 0.6 is 0 Å². The van der Waals surface area contributed by atoms with Crippen molar-refractivity contribution in [3.63, 3.8) is 0 Å². The highest BCUT2D eigenvalue weighted by molar-refractivity contribution is 5.94. The molecule has 0 saturated carbocycles. The summed E-state index contributed by atoms with van der Waals surface area (Å²) in [5.41, 5.74) is 4.09. The maximum atomic E-state index is 12.4. The van der Waals surface area contributed by atoms with Crippen molar-refractivity contribution in [2.24, 2.45) is 11.0 Å². The van der Waals surface area contributed by atoms with E-state index in [0.29, 0.717) is 31.5 Å². The molecule has 1 fully saturated rings. The molecule has 3 rings (SSSR count). The highest BCUT2D eigenvalue weighted by atomic mass is 16.2. The number of rotatable bonds is 4. The van der Waals surface area contributed by atoms with Crippen LogP contribution in [0.15, 0.2) is 60.0 Å². The van der Waals surface area contributed by atoms with Gasteiger partial charge >= 0.3 is 0 Å². The van der Waals surface area contributed by atoms with Gasteiger partial charge in [0.25, 0.3) is 5.91 Å². The molecule has 6 nitrogen and oxygen atoms in total. The Morgan fingerprint density at radius 1 is 1.12 bits per heavy atom. The van der Waals surface area contributed by atoms with Crippen LogP contribution in [0.2, 0.25) is 0 Å². The molecule has 1 aromatic heterocycles. The van der Waals surface area contributed by atoms with Crippen LogP contribution in [0.25, 0.3) is 0 Å². The van der Waals surface area contributed by atoms with Crippen LogP contribution in [-0.4, -0.2) is 41.0 Å². The lowest BCUT2D eigenvalue weighted by Crippen LogP contribution is -2.42. The van der Waals surface area contributed by atoms with Crippen molar-refractivity contribution in [3.8, 4) is 0 Å². The van der Waals surface area contributed by atoms with Crippen LogP contribution in [0.1, 0.15) is 28.8 Å². The smallest absolute Gasteiger partial charge is 0.253 e. The molecular formula is C19H20N4O2. The average Bonchev–Trinajstić information content (AvgIpc) is 2.69. The largest absolute Gasteiger partial charge is 0.339 e. The second-order valence-electron chi connectivity index (χ2n) is 5.95. The molecule has 2 heterocycles. The van der Waals surface area contributed by atoms with Crippen LogP contribution in [0.4, 0.5) is 0 Å². The molecule has 1 aliphatic heterocycles. The number of hydrogen-bond donors (Lipinski definition) is 1. The third-order valence-electron chi connectivity index (χ3n) is 4.25. The van der Waals surface area contributed by atoms with Gasteiger partial charge < -0.3 is 4.90 Å². The van der Waals surface area contributed by atoms with Crippen LogP contribution in [0.5, 0.6) is 0 Å². The number of hydrogen-bond acceptors (Lipinski definition) is 4. The van der Waals surface area contributed by atoms with Crippen LogP contribution in [0.3, 0.4) is 0 Å². The van der Waals surface area contributed by atoms with Crippen molar-refractivity contribution < 1.29 is 9.59 Å². The van der Waals surface area contributed by atoms with E-state index in [1.165, 1.54) is 0 Å². The number of carbonyl (C=O) groups is 2. The van der Waals surface area contributed by atoms with E-state index in [0.717, 1.165) is 5.56 Å². The number of aromatic nitrogens is 1. The van der Waals surface area contributed by atoms with E-state index in [9.17, 15) is 9.59 Å². The van der Waals surface area contributed by atoms with Gasteiger partial charge in [0.2, 0.25) is 5.91 Å². The van der Waals surface area contributed by atoms with Gasteiger partial charge in [-0.05, 0) is 31.0 Å². The minimum atomic E-state index is -0.120. The van der Waals surface area contributed by atoms with Crippen molar-refractivity contribution in [2.75, 3.05) is 13.1 Å². The number of nitrogens with zero attached hydrogens (tertiary/aromatic N) is 3. The van der Waals surface area contributed by atoms with Crippen LogP contribution in [0, 0.1) is 5.92 Å². The number of benzene rings is 1. The predicted molar refractivity (Wildman–Crippen MR) is 95.0 cm³/mol. The van der Waals surface area contributed by atoms with E-state index in [4.69, 9.17) is 0 Å². The van der Waals surface area contributed by atoms with Gasteiger partial charge in [-0.2, -0.15) is 5.10 Å². The summed E-state index contributed by atoms with van der Waals surface area (Å²) in [6, 6.07) is 12.9. The second-order valence-corrected chi connectivity index (χ2v) is 5.95. The summed E-state index contributed by atoms with van der Waals surface area (Å²) in [7, 11) is 0. The molecule has 1 aromatic carbocycles. The normalized spacial score (nSPS) is 15.3. The molecule has 0 spiro atoms. The predicted octanol–water partition coefficient (Wildman–Crippen LogP) is 2.08. The molecule has 0 bridgehead atoms. The quantitative estimate of drug-likeness (QED) is 0.686. The van der Waals surface area contributed by atoms with Gasteiger partial charge in [0.15, 0.2) is 0 Å². The molecule has 0 unspecified atom stereocenters. The van der Waals surface area contributed by atoms with E-state index in [2.05, 4.69) is 15.5 Å². The molecule has 1 saturated heterocycles. The van der Waals surface area contributed by atoms with E-state index in [1.54, 1.807) is 23.5 Å². The second kappa shape index (κ2) is 8.19. The van der Waals surface area contributed by atoms with E-state index in [1.807, 2.05) is 42.5 Å². The molecule has 128 valence electrons. The summed E-state index contributed by atoms with van der Waals surface area (Å²) >= 11 is 0. The number of likely N-dealkylation sites (tertiary alicyclic amines) is 1. The average molecular weight is 336 g/mol. The number of hydrazone groups is 1. The monoisotopic (exact) mass is 336 g/mol. The zero-order valence-electron chi connectivity index (χ0n) is 13.8. The van der Waals surface area contributed by atoms with Crippen LogP contribution < -0.4 is 5.43 Å². The Bertz CT molecular complexity index is 739. The first-order valence-corrected chi connectivity index (χ1v) is 8.31. The summed E-state index contributed by atoms with van der Waals surface area (Å²) in [4.78, 5) is 30.4. The first-order valence-electron chi connectivity index (χ1n) is 8.31. The molecule has 25 heavy (non-hydrogen) atoms. The Kier molecular flexibility index (Phi) is 5.51. The van der Waals surface area contributed by atoms with Crippen molar-refractivity contribution in [1.29, 1.82) is 0 Å². The van der Waals surface area contributed by atoms with Gasteiger partial charge in [-0.1, -0.05) is 24.3 Å². The van der Waals surface area contributed by atoms with Gasteiger partial charge in [0.05, 0.1) is 6.21 Å². The minimum Gasteiger partial charge on any atom is -0.339 e. The number of nitrogens with one attached hydrogen (secondary N) is 1. The Morgan fingerprint density at radius 2 is 1.88 bits per heavy atom.